The number of hydrogen-bond donors (Lipinski definition) is 1. The van der Waals surface area contributed by atoms with Gasteiger partial charge in [0, 0.05) is 11.4 Å². The highest BCUT2D eigenvalue weighted by Gasteiger charge is 2.57. The molecule has 86 valence electrons. The molecule has 4 heteroatoms. The maximum atomic E-state index is 13.0. The van der Waals surface area contributed by atoms with E-state index in [0.717, 1.165) is 25.7 Å². The lowest BCUT2D eigenvalue weighted by Gasteiger charge is -2.27. The summed E-state index contributed by atoms with van der Waals surface area (Å²) in [5, 5.41) is 3.08. The van der Waals surface area contributed by atoms with Gasteiger partial charge in [-0.1, -0.05) is 0 Å². The lowest BCUT2D eigenvalue weighted by atomic mass is 9.94. The van der Waals surface area contributed by atoms with Crippen molar-refractivity contribution in [3.05, 3.63) is 0 Å². The number of halogens is 2. The third-order valence-electron chi connectivity index (χ3n) is 3.60. The molecule has 0 heterocycles. The molecule has 2 saturated carbocycles. The standard InChI is InChI=1S/C11H17ClFNO/c1-11(6-9(11)13)10(15)14-8-4-2-3-7(12)5-8/h7-9H,2-6H2,1H3,(H,14,15). The van der Waals surface area contributed by atoms with Gasteiger partial charge in [0.05, 0.1) is 5.41 Å². The Bertz CT molecular complexity index is 273. The van der Waals surface area contributed by atoms with Crippen LogP contribution >= 0.6 is 11.6 Å². The van der Waals surface area contributed by atoms with E-state index in [-0.39, 0.29) is 17.3 Å². The van der Waals surface area contributed by atoms with Crippen molar-refractivity contribution in [1.82, 2.24) is 5.32 Å². The fourth-order valence-corrected chi connectivity index (χ4v) is 2.53. The molecule has 2 aliphatic carbocycles. The van der Waals surface area contributed by atoms with Crippen LogP contribution in [0.2, 0.25) is 0 Å². The molecule has 2 aliphatic rings. The Balaban J connectivity index is 1.84. The van der Waals surface area contributed by atoms with E-state index in [2.05, 4.69) is 5.32 Å². The number of amides is 1. The van der Waals surface area contributed by atoms with Crippen molar-refractivity contribution in [1.29, 1.82) is 0 Å². The molecule has 0 aromatic carbocycles. The van der Waals surface area contributed by atoms with Crippen LogP contribution in [-0.4, -0.2) is 23.5 Å². The SMILES string of the molecule is CC1(C(=O)NC2CCCC(Cl)C2)CC1F. The van der Waals surface area contributed by atoms with E-state index >= 15 is 0 Å². The van der Waals surface area contributed by atoms with E-state index in [9.17, 15) is 9.18 Å². The summed E-state index contributed by atoms with van der Waals surface area (Å²) in [5.41, 5.74) is -0.751. The van der Waals surface area contributed by atoms with Crippen molar-refractivity contribution in [2.45, 2.75) is 56.6 Å². The van der Waals surface area contributed by atoms with E-state index in [1.54, 1.807) is 6.92 Å². The number of carbonyl (C=O) groups excluding carboxylic acids is 1. The van der Waals surface area contributed by atoms with Gasteiger partial charge in [-0.15, -0.1) is 11.6 Å². The number of carbonyl (C=O) groups is 1. The molecule has 0 aliphatic heterocycles. The lowest BCUT2D eigenvalue weighted by Crippen LogP contribution is -2.42. The highest BCUT2D eigenvalue weighted by molar-refractivity contribution is 6.20. The van der Waals surface area contributed by atoms with Crippen LogP contribution in [0, 0.1) is 5.41 Å². The molecule has 1 amide bonds. The second kappa shape index (κ2) is 3.93. The summed E-state index contributed by atoms with van der Waals surface area (Å²) in [4.78, 5) is 11.7. The third-order valence-corrected chi connectivity index (χ3v) is 4.00. The van der Waals surface area contributed by atoms with E-state index in [4.69, 9.17) is 11.6 Å². The minimum Gasteiger partial charge on any atom is -0.353 e. The van der Waals surface area contributed by atoms with E-state index in [0.29, 0.717) is 6.42 Å². The third kappa shape index (κ3) is 2.27. The van der Waals surface area contributed by atoms with Gasteiger partial charge in [0.1, 0.15) is 6.17 Å². The molecule has 0 saturated heterocycles. The first-order valence-corrected chi connectivity index (χ1v) is 6.05. The number of nitrogens with one attached hydrogen (secondary N) is 1. The number of alkyl halides is 2. The Morgan fingerprint density at radius 1 is 1.53 bits per heavy atom. The average molecular weight is 234 g/mol. The first kappa shape index (κ1) is 11.2. The minimum atomic E-state index is -0.951. The van der Waals surface area contributed by atoms with Gasteiger partial charge in [-0.2, -0.15) is 0 Å². The van der Waals surface area contributed by atoms with Crippen LogP contribution in [0.1, 0.15) is 39.0 Å². The number of rotatable bonds is 2. The van der Waals surface area contributed by atoms with Crippen LogP contribution in [0.5, 0.6) is 0 Å². The van der Waals surface area contributed by atoms with Crippen molar-refractivity contribution in [3.63, 3.8) is 0 Å². The summed E-state index contributed by atoms with van der Waals surface area (Å²) in [6, 6.07) is 0.151. The van der Waals surface area contributed by atoms with Crippen LogP contribution in [0.15, 0.2) is 0 Å². The van der Waals surface area contributed by atoms with Crippen LogP contribution < -0.4 is 5.32 Å². The van der Waals surface area contributed by atoms with Gasteiger partial charge in [-0.3, -0.25) is 4.79 Å². The summed E-state index contributed by atoms with van der Waals surface area (Å²) < 4.78 is 13.0. The summed E-state index contributed by atoms with van der Waals surface area (Å²) in [7, 11) is 0. The summed E-state index contributed by atoms with van der Waals surface area (Å²) in [6.07, 6.45) is 3.29. The van der Waals surface area contributed by atoms with Crippen LogP contribution in [0.25, 0.3) is 0 Å². The van der Waals surface area contributed by atoms with Crippen LogP contribution in [0.4, 0.5) is 4.39 Å². The van der Waals surface area contributed by atoms with E-state index < -0.39 is 11.6 Å². The minimum absolute atomic E-state index is 0.134. The van der Waals surface area contributed by atoms with Gasteiger partial charge in [-0.25, -0.2) is 4.39 Å². The molecule has 0 radical (unpaired) electrons. The van der Waals surface area contributed by atoms with Crippen molar-refractivity contribution in [2.24, 2.45) is 5.41 Å². The molecule has 0 aromatic rings. The van der Waals surface area contributed by atoms with Crippen molar-refractivity contribution >= 4 is 17.5 Å². The largest absolute Gasteiger partial charge is 0.353 e. The monoisotopic (exact) mass is 233 g/mol. The Labute approximate surface area is 94.6 Å². The smallest absolute Gasteiger partial charge is 0.229 e. The molecule has 4 atom stereocenters. The van der Waals surface area contributed by atoms with Crippen molar-refractivity contribution in [2.75, 3.05) is 0 Å². The zero-order valence-electron chi connectivity index (χ0n) is 8.93. The van der Waals surface area contributed by atoms with Gasteiger partial charge >= 0.3 is 0 Å². The predicted molar refractivity (Wildman–Crippen MR) is 57.7 cm³/mol. The second-order valence-corrected chi connectivity index (χ2v) is 5.64. The molecule has 0 aromatic heterocycles. The molecule has 0 spiro atoms. The maximum Gasteiger partial charge on any atom is 0.229 e. The molecule has 2 fully saturated rings. The zero-order chi connectivity index (χ0) is 11.1. The van der Waals surface area contributed by atoms with Crippen LogP contribution in [-0.2, 0) is 4.79 Å². The highest BCUT2D eigenvalue weighted by atomic mass is 35.5. The van der Waals surface area contributed by atoms with Gasteiger partial charge in [0.25, 0.3) is 0 Å². The lowest BCUT2D eigenvalue weighted by molar-refractivity contribution is -0.127. The first-order chi connectivity index (χ1) is 7.02. The van der Waals surface area contributed by atoms with E-state index in [1.807, 2.05) is 0 Å². The van der Waals surface area contributed by atoms with E-state index in [1.165, 1.54) is 0 Å². The van der Waals surface area contributed by atoms with Gasteiger partial charge < -0.3 is 5.32 Å². The molecular formula is C11H17ClFNO. The fourth-order valence-electron chi connectivity index (χ4n) is 2.16. The summed E-state index contributed by atoms with van der Waals surface area (Å²) in [5.74, 6) is -0.134. The quantitative estimate of drug-likeness (QED) is 0.730. The molecular weight excluding hydrogens is 217 g/mol. The highest BCUT2D eigenvalue weighted by Crippen LogP contribution is 2.48. The molecule has 15 heavy (non-hydrogen) atoms. The Morgan fingerprint density at radius 2 is 2.20 bits per heavy atom. The molecule has 1 N–H and O–H groups in total. The van der Waals surface area contributed by atoms with Crippen molar-refractivity contribution < 1.29 is 9.18 Å². The Morgan fingerprint density at radius 3 is 2.73 bits per heavy atom. The maximum absolute atomic E-state index is 13.0. The summed E-state index contributed by atoms with van der Waals surface area (Å²) in [6.45, 7) is 1.69. The normalized spacial score (nSPS) is 44.9. The first-order valence-electron chi connectivity index (χ1n) is 5.61. The van der Waals surface area contributed by atoms with Gasteiger partial charge in [-0.05, 0) is 39.0 Å². The fraction of sp³-hybridized carbons (Fsp3) is 0.909. The number of hydrogen-bond acceptors (Lipinski definition) is 1. The Kier molecular flexibility index (Phi) is 2.93. The zero-order valence-corrected chi connectivity index (χ0v) is 9.69. The predicted octanol–water partition coefficient (Wildman–Crippen LogP) is 2.40. The average Bonchev–Trinajstić information content (AvgIpc) is 2.76. The van der Waals surface area contributed by atoms with Gasteiger partial charge in [0.2, 0.25) is 5.91 Å². The Hall–Kier alpha value is -0.310. The molecule has 2 rings (SSSR count). The van der Waals surface area contributed by atoms with Gasteiger partial charge in [0.15, 0.2) is 0 Å². The molecule has 0 bridgehead atoms. The molecule has 4 unspecified atom stereocenters. The molecule has 2 nitrogen and oxygen atoms in total. The topological polar surface area (TPSA) is 29.1 Å². The second-order valence-electron chi connectivity index (χ2n) is 5.02. The van der Waals surface area contributed by atoms with Crippen molar-refractivity contribution in [3.8, 4) is 0 Å². The summed E-state index contributed by atoms with van der Waals surface area (Å²) >= 11 is 6.03. The van der Waals surface area contributed by atoms with Crippen LogP contribution in [0.3, 0.4) is 0 Å².